The number of rotatable bonds is 4. The van der Waals surface area contributed by atoms with Crippen molar-refractivity contribution in [3.05, 3.63) is 65.5 Å². The zero-order valence-corrected chi connectivity index (χ0v) is 16.1. The minimum absolute atomic E-state index is 0.0485. The summed E-state index contributed by atoms with van der Waals surface area (Å²) in [5.74, 6) is -0.293. The van der Waals surface area contributed by atoms with Gasteiger partial charge in [-0.2, -0.15) is 13.2 Å². The van der Waals surface area contributed by atoms with E-state index in [4.69, 9.17) is 0 Å². The van der Waals surface area contributed by atoms with Gasteiger partial charge in [-0.3, -0.25) is 14.7 Å². The second-order valence-corrected chi connectivity index (χ2v) is 7.49. The summed E-state index contributed by atoms with van der Waals surface area (Å²) in [5.41, 5.74) is 0.427. The Morgan fingerprint density at radius 2 is 1.83 bits per heavy atom. The highest BCUT2D eigenvalue weighted by Gasteiger charge is 2.47. The summed E-state index contributed by atoms with van der Waals surface area (Å²) in [6.07, 6.45) is -1.35. The number of aromatic nitrogens is 1. The summed E-state index contributed by atoms with van der Waals surface area (Å²) >= 11 is 0. The number of halogens is 3. The number of piperidine rings is 1. The third kappa shape index (κ3) is 4.02. The Bertz CT molecular complexity index is 918. The highest BCUT2D eigenvalue weighted by molar-refractivity contribution is 6.00. The number of nitrogens with zero attached hydrogens (tertiary/aromatic N) is 3. The number of hydrogen-bond acceptors (Lipinski definition) is 4. The summed E-state index contributed by atoms with van der Waals surface area (Å²) in [4.78, 5) is 33.2. The number of urea groups is 1. The topological polar surface area (TPSA) is 65.5 Å². The van der Waals surface area contributed by atoms with E-state index in [0.717, 1.165) is 18.6 Å². The third-order valence-corrected chi connectivity index (χ3v) is 5.52. The average molecular weight is 418 g/mol. The number of carbonyl (C=O) groups is 2. The molecule has 0 saturated carbocycles. The van der Waals surface area contributed by atoms with Gasteiger partial charge in [-0.15, -0.1) is 0 Å². The van der Waals surface area contributed by atoms with Crippen LogP contribution in [0.15, 0.2) is 48.7 Å². The molecule has 2 saturated heterocycles. The van der Waals surface area contributed by atoms with Crippen LogP contribution in [0.25, 0.3) is 0 Å². The van der Waals surface area contributed by atoms with Crippen molar-refractivity contribution in [1.29, 1.82) is 0 Å². The first-order valence-corrected chi connectivity index (χ1v) is 9.76. The van der Waals surface area contributed by atoms with Crippen molar-refractivity contribution < 1.29 is 22.8 Å². The number of pyridine rings is 1. The maximum Gasteiger partial charge on any atom is 0.416 e. The Hall–Kier alpha value is -2.94. The molecule has 2 atom stereocenters. The lowest BCUT2D eigenvalue weighted by atomic mass is 9.93. The number of imide groups is 1. The van der Waals surface area contributed by atoms with Crippen molar-refractivity contribution in [2.45, 2.75) is 44.2 Å². The van der Waals surface area contributed by atoms with Crippen LogP contribution in [0.2, 0.25) is 0 Å². The number of nitrogens with one attached hydrogen (secondary N) is 1. The quantitative estimate of drug-likeness (QED) is 0.828. The lowest BCUT2D eigenvalue weighted by Gasteiger charge is -2.47. The molecule has 6 nitrogen and oxygen atoms in total. The molecule has 2 fully saturated rings. The van der Waals surface area contributed by atoms with E-state index >= 15 is 0 Å². The van der Waals surface area contributed by atoms with Crippen LogP contribution in [-0.4, -0.2) is 45.4 Å². The normalized spacial score (nSPS) is 22.2. The molecule has 2 unspecified atom stereocenters. The fourth-order valence-corrected chi connectivity index (χ4v) is 4.00. The number of amides is 3. The first kappa shape index (κ1) is 20.3. The Labute approximate surface area is 171 Å². The van der Waals surface area contributed by atoms with E-state index in [0.29, 0.717) is 24.2 Å². The van der Waals surface area contributed by atoms with Crippen molar-refractivity contribution in [3.63, 3.8) is 0 Å². The van der Waals surface area contributed by atoms with Crippen LogP contribution in [0.3, 0.4) is 0 Å². The molecule has 2 aromatic rings. The van der Waals surface area contributed by atoms with Crippen LogP contribution < -0.4 is 5.32 Å². The van der Waals surface area contributed by atoms with E-state index in [-0.39, 0.29) is 25.0 Å². The molecular formula is C21H21F3N4O2. The highest BCUT2D eigenvalue weighted by atomic mass is 19.4. The predicted octanol–water partition coefficient (Wildman–Crippen LogP) is 3.19. The van der Waals surface area contributed by atoms with Crippen LogP contribution in [0, 0.1) is 0 Å². The van der Waals surface area contributed by atoms with Crippen molar-refractivity contribution in [2.24, 2.45) is 0 Å². The minimum Gasteiger partial charge on any atom is -0.315 e. The Kier molecular flexibility index (Phi) is 5.46. The summed E-state index contributed by atoms with van der Waals surface area (Å²) in [5, 5.41) is 3.20. The zero-order valence-electron chi connectivity index (χ0n) is 16.1. The van der Waals surface area contributed by atoms with Gasteiger partial charge in [0.15, 0.2) is 0 Å². The molecule has 0 radical (unpaired) electrons. The SMILES string of the molecule is O=C1C2NCCCC2N(Cc2ccc(C(F)(F)F)cc2)C(=O)N1Cc1ccccn1. The largest absolute Gasteiger partial charge is 0.416 e. The Balaban J connectivity index is 1.59. The van der Waals surface area contributed by atoms with Gasteiger partial charge in [-0.25, -0.2) is 4.79 Å². The van der Waals surface area contributed by atoms with Gasteiger partial charge < -0.3 is 10.2 Å². The first-order chi connectivity index (χ1) is 14.3. The number of hydrogen-bond donors (Lipinski definition) is 1. The summed E-state index contributed by atoms with van der Waals surface area (Å²) < 4.78 is 38.5. The smallest absolute Gasteiger partial charge is 0.315 e. The molecule has 158 valence electrons. The summed E-state index contributed by atoms with van der Waals surface area (Å²) in [6.45, 7) is 0.853. The van der Waals surface area contributed by atoms with Crippen LogP contribution in [0.4, 0.5) is 18.0 Å². The maximum atomic E-state index is 13.2. The number of carbonyl (C=O) groups excluding carboxylic acids is 2. The third-order valence-electron chi connectivity index (χ3n) is 5.52. The summed E-state index contributed by atoms with van der Waals surface area (Å²) in [7, 11) is 0. The highest BCUT2D eigenvalue weighted by Crippen LogP contribution is 2.31. The lowest BCUT2D eigenvalue weighted by Crippen LogP contribution is -2.68. The van der Waals surface area contributed by atoms with Crippen molar-refractivity contribution >= 4 is 11.9 Å². The molecule has 3 amide bonds. The molecule has 2 aliphatic rings. The Morgan fingerprint density at radius 3 is 2.50 bits per heavy atom. The van der Waals surface area contributed by atoms with Gasteiger partial charge >= 0.3 is 12.2 Å². The second-order valence-electron chi connectivity index (χ2n) is 7.49. The van der Waals surface area contributed by atoms with Crippen molar-refractivity contribution in [2.75, 3.05) is 6.54 Å². The van der Waals surface area contributed by atoms with Crippen LogP contribution >= 0.6 is 0 Å². The van der Waals surface area contributed by atoms with Crippen LogP contribution in [0.1, 0.15) is 29.7 Å². The summed E-state index contributed by atoms with van der Waals surface area (Å²) in [6, 6.07) is 8.73. The predicted molar refractivity (Wildman–Crippen MR) is 102 cm³/mol. The molecular weight excluding hydrogens is 397 g/mol. The molecule has 30 heavy (non-hydrogen) atoms. The fraction of sp³-hybridized carbons (Fsp3) is 0.381. The van der Waals surface area contributed by atoms with Crippen molar-refractivity contribution in [3.8, 4) is 0 Å². The molecule has 0 spiro atoms. The molecule has 1 N–H and O–H groups in total. The van der Waals surface area contributed by atoms with Crippen LogP contribution in [0.5, 0.6) is 0 Å². The van der Waals surface area contributed by atoms with Gasteiger partial charge in [0, 0.05) is 12.7 Å². The Morgan fingerprint density at radius 1 is 1.07 bits per heavy atom. The molecule has 0 aliphatic carbocycles. The van der Waals surface area contributed by atoms with E-state index in [1.54, 1.807) is 29.3 Å². The molecule has 4 rings (SSSR count). The monoisotopic (exact) mass is 418 g/mol. The molecule has 1 aromatic carbocycles. The average Bonchev–Trinajstić information content (AvgIpc) is 2.75. The van der Waals surface area contributed by atoms with E-state index in [2.05, 4.69) is 10.3 Å². The molecule has 2 aliphatic heterocycles. The fourth-order valence-electron chi connectivity index (χ4n) is 4.00. The zero-order chi connectivity index (χ0) is 21.3. The van der Waals surface area contributed by atoms with Gasteiger partial charge in [-0.05, 0) is 49.2 Å². The molecule has 9 heteroatoms. The van der Waals surface area contributed by atoms with Gasteiger partial charge in [0.2, 0.25) is 5.91 Å². The number of benzene rings is 1. The van der Waals surface area contributed by atoms with E-state index < -0.39 is 23.8 Å². The lowest BCUT2D eigenvalue weighted by molar-refractivity contribution is -0.138. The van der Waals surface area contributed by atoms with Gasteiger partial charge in [0.25, 0.3) is 0 Å². The molecule has 0 bridgehead atoms. The standard InChI is InChI=1S/C21H21F3N4O2/c22-21(23,24)15-8-6-14(7-9-15)12-27-17-5-3-11-26-18(17)19(29)28(20(27)30)13-16-4-1-2-10-25-16/h1-2,4,6-10,17-18,26H,3,5,11-13H2. The van der Waals surface area contributed by atoms with Gasteiger partial charge in [-0.1, -0.05) is 18.2 Å². The number of fused-ring (bicyclic) bond motifs is 1. The van der Waals surface area contributed by atoms with E-state index in [1.807, 2.05) is 0 Å². The maximum absolute atomic E-state index is 13.2. The van der Waals surface area contributed by atoms with E-state index in [1.165, 1.54) is 17.0 Å². The molecule has 1 aromatic heterocycles. The van der Waals surface area contributed by atoms with E-state index in [9.17, 15) is 22.8 Å². The van der Waals surface area contributed by atoms with Crippen LogP contribution in [-0.2, 0) is 24.1 Å². The second kappa shape index (κ2) is 8.06. The van der Waals surface area contributed by atoms with Crippen molar-refractivity contribution in [1.82, 2.24) is 20.1 Å². The molecule has 3 heterocycles. The number of alkyl halides is 3. The minimum atomic E-state index is -4.41. The van der Waals surface area contributed by atoms with Gasteiger partial charge in [0.1, 0.15) is 6.04 Å². The first-order valence-electron chi connectivity index (χ1n) is 9.76. The van der Waals surface area contributed by atoms with Gasteiger partial charge in [0.05, 0.1) is 23.8 Å².